The molecule has 0 bridgehead atoms. The third-order valence-corrected chi connectivity index (χ3v) is 4.52. The number of nitrogens with one attached hydrogen (secondary N) is 1. The zero-order valence-electron chi connectivity index (χ0n) is 12.1. The van der Waals surface area contributed by atoms with Gasteiger partial charge in [-0.2, -0.15) is 13.2 Å². The lowest BCUT2D eigenvalue weighted by Gasteiger charge is -2.34. The summed E-state index contributed by atoms with van der Waals surface area (Å²) in [4.78, 5) is 0. The molecule has 0 amide bonds. The van der Waals surface area contributed by atoms with Crippen molar-refractivity contribution in [1.82, 2.24) is 5.32 Å². The minimum Gasteiger partial charge on any atom is -0.316 e. The highest BCUT2D eigenvalue weighted by molar-refractivity contribution is 5.17. The van der Waals surface area contributed by atoms with Gasteiger partial charge in [-0.25, -0.2) is 4.39 Å². The molecule has 1 aliphatic rings. The predicted octanol–water partition coefficient (Wildman–Crippen LogP) is 4.32. The fraction of sp³-hybridized carbons (Fsp3) is 0.625. The molecule has 0 radical (unpaired) electrons. The Balaban J connectivity index is 1.94. The maximum absolute atomic E-state index is 13.2. The van der Waals surface area contributed by atoms with Gasteiger partial charge >= 0.3 is 6.18 Å². The number of benzene rings is 1. The Morgan fingerprint density at radius 1 is 1.19 bits per heavy atom. The summed E-state index contributed by atoms with van der Waals surface area (Å²) in [6.07, 6.45) is -1.86. The van der Waals surface area contributed by atoms with E-state index in [4.69, 9.17) is 0 Å². The fourth-order valence-electron chi connectivity index (χ4n) is 3.27. The number of hydrogen-bond donors (Lipinski definition) is 1. The first-order valence-electron chi connectivity index (χ1n) is 7.38. The zero-order chi connectivity index (χ0) is 15.5. The standard InChI is InChI=1S/C16H21F4N/c1-21-15(10-11-3-2-4-14(17)9-11)12-5-7-13(8-6-12)16(18,19)20/h2-4,9,12-13,15,21H,5-8,10H2,1H3. The van der Waals surface area contributed by atoms with Crippen molar-refractivity contribution in [3.8, 4) is 0 Å². The molecule has 1 aliphatic carbocycles. The molecule has 1 nitrogen and oxygen atoms in total. The van der Waals surface area contributed by atoms with Crippen molar-refractivity contribution in [2.75, 3.05) is 7.05 Å². The maximum atomic E-state index is 13.2. The first kappa shape index (κ1) is 16.3. The third kappa shape index (κ3) is 4.43. The Kier molecular flexibility index (Phi) is 5.25. The molecule has 1 unspecified atom stereocenters. The highest BCUT2D eigenvalue weighted by atomic mass is 19.4. The Bertz CT molecular complexity index is 450. The number of halogens is 4. The number of rotatable bonds is 4. The Hall–Kier alpha value is -1.10. The van der Waals surface area contributed by atoms with Crippen LogP contribution in [-0.2, 0) is 6.42 Å². The number of alkyl halides is 3. The van der Waals surface area contributed by atoms with Crippen LogP contribution in [-0.4, -0.2) is 19.3 Å². The molecule has 21 heavy (non-hydrogen) atoms. The van der Waals surface area contributed by atoms with E-state index in [1.54, 1.807) is 6.07 Å². The Morgan fingerprint density at radius 2 is 1.86 bits per heavy atom. The molecule has 1 fully saturated rings. The quantitative estimate of drug-likeness (QED) is 0.817. The van der Waals surface area contributed by atoms with Crippen LogP contribution in [0.15, 0.2) is 24.3 Å². The topological polar surface area (TPSA) is 12.0 Å². The van der Waals surface area contributed by atoms with E-state index in [0.29, 0.717) is 19.3 Å². The molecule has 0 aromatic heterocycles. The lowest BCUT2D eigenvalue weighted by Crippen LogP contribution is -2.39. The molecule has 1 aromatic carbocycles. The molecular weight excluding hydrogens is 282 g/mol. The number of likely N-dealkylation sites (N-methyl/N-ethyl adjacent to an activating group) is 1. The van der Waals surface area contributed by atoms with Crippen LogP contribution in [0.25, 0.3) is 0 Å². The minimum absolute atomic E-state index is 0.0981. The normalized spacial score (nSPS) is 24.8. The van der Waals surface area contributed by atoms with Crippen molar-refractivity contribution in [2.24, 2.45) is 11.8 Å². The van der Waals surface area contributed by atoms with E-state index in [0.717, 1.165) is 5.56 Å². The Labute approximate surface area is 122 Å². The van der Waals surface area contributed by atoms with E-state index in [1.165, 1.54) is 12.1 Å². The van der Waals surface area contributed by atoms with Gasteiger partial charge in [0, 0.05) is 6.04 Å². The summed E-state index contributed by atoms with van der Waals surface area (Å²) in [6, 6.07) is 6.51. The monoisotopic (exact) mass is 303 g/mol. The van der Waals surface area contributed by atoms with Crippen LogP contribution in [0.4, 0.5) is 17.6 Å². The molecule has 5 heteroatoms. The van der Waals surface area contributed by atoms with Gasteiger partial charge < -0.3 is 5.32 Å². The lowest BCUT2D eigenvalue weighted by atomic mass is 9.77. The fourth-order valence-corrected chi connectivity index (χ4v) is 3.27. The van der Waals surface area contributed by atoms with Gasteiger partial charge in [0.1, 0.15) is 5.82 Å². The predicted molar refractivity (Wildman–Crippen MR) is 74.5 cm³/mol. The van der Waals surface area contributed by atoms with Crippen LogP contribution < -0.4 is 5.32 Å². The van der Waals surface area contributed by atoms with E-state index in [1.807, 2.05) is 13.1 Å². The second-order valence-corrected chi connectivity index (χ2v) is 5.88. The maximum Gasteiger partial charge on any atom is 0.391 e. The van der Waals surface area contributed by atoms with Crippen LogP contribution in [0.3, 0.4) is 0 Å². The summed E-state index contributed by atoms with van der Waals surface area (Å²) < 4.78 is 51.3. The average molecular weight is 303 g/mol. The minimum atomic E-state index is -4.07. The largest absolute Gasteiger partial charge is 0.391 e. The first-order valence-corrected chi connectivity index (χ1v) is 7.38. The van der Waals surface area contributed by atoms with Gasteiger partial charge in [0.15, 0.2) is 0 Å². The second kappa shape index (κ2) is 6.77. The molecule has 118 valence electrons. The summed E-state index contributed by atoms with van der Waals surface area (Å²) in [5.41, 5.74) is 0.882. The van der Waals surface area contributed by atoms with Crippen LogP contribution in [0.1, 0.15) is 31.2 Å². The average Bonchev–Trinajstić information content (AvgIpc) is 2.44. The number of hydrogen-bond acceptors (Lipinski definition) is 1. The van der Waals surface area contributed by atoms with Gasteiger partial charge in [0.25, 0.3) is 0 Å². The molecule has 2 rings (SSSR count). The zero-order valence-corrected chi connectivity index (χ0v) is 12.1. The molecule has 1 aromatic rings. The molecule has 0 spiro atoms. The van der Waals surface area contributed by atoms with Gasteiger partial charge in [-0.15, -0.1) is 0 Å². The highest BCUT2D eigenvalue weighted by Crippen LogP contribution is 2.40. The molecular formula is C16H21F4N. The van der Waals surface area contributed by atoms with Crippen molar-refractivity contribution in [3.05, 3.63) is 35.6 Å². The summed E-state index contributed by atoms with van der Waals surface area (Å²) in [7, 11) is 1.82. The SMILES string of the molecule is CNC(Cc1cccc(F)c1)C1CCC(C(F)(F)F)CC1. The molecule has 1 atom stereocenters. The van der Waals surface area contributed by atoms with E-state index < -0.39 is 12.1 Å². The molecule has 0 aliphatic heterocycles. The smallest absolute Gasteiger partial charge is 0.316 e. The van der Waals surface area contributed by atoms with Crippen molar-refractivity contribution in [2.45, 2.75) is 44.3 Å². The van der Waals surface area contributed by atoms with Crippen LogP contribution >= 0.6 is 0 Å². The molecule has 1 N–H and O–H groups in total. The summed E-state index contributed by atoms with van der Waals surface area (Å²) >= 11 is 0. The van der Waals surface area contributed by atoms with Gasteiger partial charge in [-0.05, 0) is 62.8 Å². The van der Waals surface area contributed by atoms with E-state index >= 15 is 0 Å². The van der Waals surface area contributed by atoms with Gasteiger partial charge in [-0.1, -0.05) is 12.1 Å². The molecule has 0 saturated heterocycles. The van der Waals surface area contributed by atoms with Gasteiger partial charge in [0.2, 0.25) is 0 Å². The third-order valence-electron chi connectivity index (χ3n) is 4.52. The van der Waals surface area contributed by atoms with Crippen LogP contribution in [0.5, 0.6) is 0 Å². The summed E-state index contributed by atoms with van der Waals surface area (Å²) in [5.74, 6) is -1.21. The van der Waals surface area contributed by atoms with Crippen molar-refractivity contribution in [3.63, 3.8) is 0 Å². The molecule has 1 saturated carbocycles. The summed E-state index contributed by atoms with van der Waals surface area (Å²) in [6.45, 7) is 0. The van der Waals surface area contributed by atoms with Crippen LogP contribution in [0.2, 0.25) is 0 Å². The van der Waals surface area contributed by atoms with E-state index in [2.05, 4.69) is 5.32 Å². The first-order chi connectivity index (χ1) is 9.90. The van der Waals surface area contributed by atoms with Crippen molar-refractivity contribution >= 4 is 0 Å². The van der Waals surface area contributed by atoms with Crippen LogP contribution in [0, 0.1) is 17.7 Å². The van der Waals surface area contributed by atoms with Gasteiger partial charge in [-0.3, -0.25) is 0 Å². The van der Waals surface area contributed by atoms with Crippen molar-refractivity contribution in [1.29, 1.82) is 0 Å². The Morgan fingerprint density at radius 3 is 2.38 bits per heavy atom. The second-order valence-electron chi connectivity index (χ2n) is 5.88. The highest BCUT2D eigenvalue weighted by Gasteiger charge is 2.42. The lowest BCUT2D eigenvalue weighted by molar-refractivity contribution is -0.184. The summed E-state index contributed by atoms with van der Waals surface area (Å²) in [5, 5.41) is 3.19. The van der Waals surface area contributed by atoms with Gasteiger partial charge in [0.05, 0.1) is 5.92 Å². The van der Waals surface area contributed by atoms with E-state index in [-0.39, 0.29) is 30.6 Å². The van der Waals surface area contributed by atoms with E-state index in [9.17, 15) is 17.6 Å². The van der Waals surface area contributed by atoms with Crippen molar-refractivity contribution < 1.29 is 17.6 Å². The molecule has 0 heterocycles.